The maximum atomic E-state index is 12.7. The number of amides is 2. The molecule has 29 heavy (non-hydrogen) atoms. The summed E-state index contributed by atoms with van der Waals surface area (Å²) in [6, 6.07) is 11.6. The smallest absolute Gasteiger partial charge is 0.319 e. The van der Waals surface area contributed by atoms with Crippen molar-refractivity contribution in [1.29, 1.82) is 0 Å². The number of carbonyl (C=O) groups excluding carboxylic acids is 1. The Kier molecular flexibility index (Phi) is 6.20. The van der Waals surface area contributed by atoms with Crippen molar-refractivity contribution >= 4 is 17.4 Å². The molecule has 2 aromatic rings. The first-order valence-corrected chi connectivity index (χ1v) is 10.2. The van der Waals surface area contributed by atoms with E-state index in [1.807, 2.05) is 51.1 Å². The van der Waals surface area contributed by atoms with Gasteiger partial charge in [-0.1, -0.05) is 6.07 Å². The van der Waals surface area contributed by atoms with Crippen molar-refractivity contribution in [3.63, 3.8) is 0 Å². The first-order chi connectivity index (χ1) is 13.8. The van der Waals surface area contributed by atoms with Crippen molar-refractivity contribution in [3.05, 3.63) is 47.5 Å². The Morgan fingerprint density at radius 2 is 1.72 bits per heavy atom. The Morgan fingerprint density at radius 1 is 1.03 bits per heavy atom. The minimum Gasteiger partial charge on any atom is -0.486 e. The van der Waals surface area contributed by atoms with Crippen LogP contribution in [0.15, 0.2) is 36.4 Å². The van der Waals surface area contributed by atoms with Gasteiger partial charge in [-0.05, 0) is 76.1 Å². The highest BCUT2D eigenvalue weighted by Crippen LogP contribution is 2.34. The van der Waals surface area contributed by atoms with E-state index in [1.54, 1.807) is 0 Å². The van der Waals surface area contributed by atoms with Gasteiger partial charge < -0.3 is 25.0 Å². The van der Waals surface area contributed by atoms with Gasteiger partial charge in [-0.3, -0.25) is 0 Å². The Balaban J connectivity index is 1.69. The summed E-state index contributed by atoms with van der Waals surface area (Å²) in [6.07, 6.45) is 0. The summed E-state index contributed by atoms with van der Waals surface area (Å²) >= 11 is 0. The average Bonchev–Trinajstić information content (AvgIpc) is 2.70. The zero-order valence-electron chi connectivity index (χ0n) is 18.0. The fourth-order valence-electron chi connectivity index (χ4n) is 3.52. The molecule has 0 bridgehead atoms. The summed E-state index contributed by atoms with van der Waals surface area (Å²) in [4.78, 5) is 15.0. The van der Waals surface area contributed by atoms with Crippen LogP contribution in [0.3, 0.4) is 0 Å². The van der Waals surface area contributed by atoms with Gasteiger partial charge >= 0.3 is 6.03 Å². The predicted octanol–water partition coefficient (Wildman–Crippen LogP) is 4.67. The second-order valence-corrected chi connectivity index (χ2v) is 7.73. The number of ether oxygens (including phenoxy) is 2. The molecular formula is C23H31N3O3. The molecule has 2 aromatic carbocycles. The Hall–Kier alpha value is -2.89. The topological polar surface area (TPSA) is 62.8 Å². The van der Waals surface area contributed by atoms with Crippen molar-refractivity contribution in [2.24, 2.45) is 0 Å². The van der Waals surface area contributed by atoms with E-state index in [0.717, 1.165) is 41.3 Å². The van der Waals surface area contributed by atoms with Gasteiger partial charge in [0.2, 0.25) is 0 Å². The first-order valence-electron chi connectivity index (χ1n) is 10.2. The Bertz CT molecular complexity index is 876. The van der Waals surface area contributed by atoms with Crippen molar-refractivity contribution in [1.82, 2.24) is 5.32 Å². The molecule has 0 saturated heterocycles. The van der Waals surface area contributed by atoms with E-state index < -0.39 is 5.54 Å². The van der Waals surface area contributed by atoms with Crippen LogP contribution in [0.25, 0.3) is 0 Å². The molecule has 0 aromatic heterocycles. The third-order valence-electron chi connectivity index (χ3n) is 5.28. The van der Waals surface area contributed by atoms with Crippen LogP contribution in [0.2, 0.25) is 0 Å². The van der Waals surface area contributed by atoms with E-state index in [1.165, 1.54) is 0 Å². The van der Waals surface area contributed by atoms with Crippen LogP contribution < -0.4 is 25.0 Å². The van der Waals surface area contributed by atoms with E-state index in [4.69, 9.17) is 9.47 Å². The van der Waals surface area contributed by atoms with Gasteiger partial charge in [-0.25, -0.2) is 4.79 Å². The minimum atomic E-state index is -0.574. The van der Waals surface area contributed by atoms with Crippen LogP contribution in [0.1, 0.15) is 38.8 Å². The third-order valence-corrected chi connectivity index (χ3v) is 5.28. The summed E-state index contributed by atoms with van der Waals surface area (Å²) in [6.45, 7) is 13.2. The summed E-state index contributed by atoms with van der Waals surface area (Å²) in [5.74, 6) is 1.45. The largest absolute Gasteiger partial charge is 0.486 e. The van der Waals surface area contributed by atoms with E-state index in [9.17, 15) is 4.79 Å². The van der Waals surface area contributed by atoms with Crippen LogP contribution in [-0.2, 0) is 5.54 Å². The third kappa shape index (κ3) is 4.75. The number of hydrogen-bond acceptors (Lipinski definition) is 4. The molecule has 0 saturated carbocycles. The highest BCUT2D eigenvalue weighted by Gasteiger charge is 2.25. The number of aryl methyl sites for hydroxylation is 1. The van der Waals surface area contributed by atoms with Gasteiger partial charge in [-0.15, -0.1) is 0 Å². The van der Waals surface area contributed by atoms with Crippen LogP contribution in [0.5, 0.6) is 11.5 Å². The Labute approximate surface area is 173 Å². The molecule has 2 N–H and O–H groups in total. The fourth-order valence-corrected chi connectivity index (χ4v) is 3.52. The van der Waals surface area contributed by atoms with Gasteiger partial charge in [0.05, 0.1) is 5.54 Å². The number of nitrogens with zero attached hydrogens (tertiary/aromatic N) is 1. The van der Waals surface area contributed by atoms with E-state index in [2.05, 4.69) is 35.4 Å². The van der Waals surface area contributed by atoms with Gasteiger partial charge in [0.15, 0.2) is 11.5 Å². The van der Waals surface area contributed by atoms with E-state index >= 15 is 0 Å². The lowest BCUT2D eigenvalue weighted by Gasteiger charge is -2.29. The molecule has 156 valence electrons. The van der Waals surface area contributed by atoms with Gasteiger partial charge in [0.1, 0.15) is 13.2 Å². The molecule has 1 aliphatic rings. The highest BCUT2D eigenvalue weighted by atomic mass is 16.6. The maximum absolute atomic E-state index is 12.7. The van der Waals surface area contributed by atoms with Crippen LogP contribution in [-0.4, -0.2) is 32.3 Å². The predicted molar refractivity (Wildman–Crippen MR) is 117 cm³/mol. The molecule has 3 rings (SSSR count). The number of carbonyl (C=O) groups is 1. The van der Waals surface area contributed by atoms with Crippen LogP contribution >= 0.6 is 0 Å². The fraction of sp³-hybridized carbons (Fsp3) is 0.435. The number of nitrogens with one attached hydrogen (secondary N) is 2. The number of hydrogen-bond donors (Lipinski definition) is 2. The summed E-state index contributed by atoms with van der Waals surface area (Å²) in [5, 5.41) is 6.03. The number of urea groups is 1. The highest BCUT2D eigenvalue weighted by molar-refractivity contribution is 5.91. The summed E-state index contributed by atoms with van der Waals surface area (Å²) < 4.78 is 11.2. The molecule has 0 aliphatic carbocycles. The molecule has 0 radical (unpaired) electrons. The lowest BCUT2D eigenvalue weighted by Crippen LogP contribution is -2.43. The van der Waals surface area contributed by atoms with Crippen molar-refractivity contribution < 1.29 is 14.3 Å². The molecule has 6 heteroatoms. The monoisotopic (exact) mass is 397 g/mol. The van der Waals surface area contributed by atoms with Gasteiger partial charge in [0, 0.05) is 24.5 Å². The van der Waals surface area contributed by atoms with E-state index in [-0.39, 0.29) is 6.03 Å². The zero-order valence-corrected chi connectivity index (χ0v) is 18.0. The molecule has 6 nitrogen and oxygen atoms in total. The standard InChI is InChI=1S/C23H31N3O3/c1-6-26(7-2)18-9-10-19(16(3)14-18)24-22(27)25-23(4,5)17-8-11-20-21(15-17)29-13-12-28-20/h8-11,14-15H,6-7,12-13H2,1-5H3,(H2,24,25,27). The lowest BCUT2D eigenvalue weighted by atomic mass is 9.94. The SMILES string of the molecule is CCN(CC)c1ccc(NC(=O)NC(C)(C)c2ccc3c(c2)OCCO3)c(C)c1. The molecular weight excluding hydrogens is 366 g/mol. The van der Waals surface area contributed by atoms with Crippen molar-refractivity contribution in [2.45, 2.75) is 40.2 Å². The van der Waals surface area contributed by atoms with Crippen molar-refractivity contribution in [3.8, 4) is 11.5 Å². The molecule has 1 aliphatic heterocycles. The molecule has 2 amide bonds. The number of benzene rings is 2. The van der Waals surface area contributed by atoms with Crippen LogP contribution in [0, 0.1) is 6.92 Å². The molecule has 0 unspecified atom stereocenters. The zero-order chi connectivity index (χ0) is 21.0. The lowest BCUT2D eigenvalue weighted by molar-refractivity contribution is 0.171. The normalized spacial score (nSPS) is 13.0. The van der Waals surface area contributed by atoms with E-state index in [0.29, 0.717) is 19.0 Å². The number of rotatable bonds is 6. The second kappa shape index (κ2) is 8.64. The molecule has 1 heterocycles. The number of fused-ring (bicyclic) bond motifs is 1. The van der Waals surface area contributed by atoms with Crippen LogP contribution in [0.4, 0.5) is 16.2 Å². The first kappa shape index (κ1) is 20.8. The molecule has 0 atom stereocenters. The second-order valence-electron chi connectivity index (χ2n) is 7.73. The average molecular weight is 398 g/mol. The number of anilines is 2. The maximum Gasteiger partial charge on any atom is 0.319 e. The Morgan fingerprint density at radius 3 is 2.38 bits per heavy atom. The molecule has 0 fully saturated rings. The van der Waals surface area contributed by atoms with Gasteiger partial charge in [-0.2, -0.15) is 0 Å². The summed E-state index contributed by atoms with van der Waals surface area (Å²) in [7, 11) is 0. The quantitative estimate of drug-likeness (QED) is 0.744. The molecule has 0 spiro atoms. The minimum absolute atomic E-state index is 0.247. The van der Waals surface area contributed by atoms with Gasteiger partial charge in [0.25, 0.3) is 0 Å². The van der Waals surface area contributed by atoms with Crippen molar-refractivity contribution in [2.75, 3.05) is 36.5 Å². The summed E-state index contributed by atoms with van der Waals surface area (Å²) in [5.41, 5.74) is 3.37.